The summed E-state index contributed by atoms with van der Waals surface area (Å²) < 4.78 is 6.45. The molecule has 1 aromatic rings. The topological polar surface area (TPSA) is 28.4 Å². The van der Waals surface area contributed by atoms with Crippen LogP contribution in [0.3, 0.4) is 0 Å². The van der Waals surface area contributed by atoms with E-state index in [1.807, 2.05) is 6.07 Å². The van der Waals surface area contributed by atoms with Crippen LogP contribution in [0.25, 0.3) is 0 Å². The van der Waals surface area contributed by atoms with Crippen LogP contribution in [0.15, 0.2) is 21.2 Å². The van der Waals surface area contributed by atoms with Gasteiger partial charge in [0.1, 0.15) is 0 Å². The van der Waals surface area contributed by atoms with Crippen LogP contribution in [0.4, 0.5) is 5.88 Å². The van der Waals surface area contributed by atoms with Crippen molar-refractivity contribution >= 4 is 21.8 Å². The lowest BCUT2D eigenvalue weighted by Gasteiger charge is -2.31. The van der Waals surface area contributed by atoms with Gasteiger partial charge in [0.2, 0.25) is 5.88 Å². The minimum Gasteiger partial charge on any atom is -0.448 e. The zero-order valence-electron chi connectivity index (χ0n) is 7.59. The number of rotatable bonds is 1. The second-order valence-corrected chi connectivity index (χ2v) is 4.23. The average Bonchev–Trinajstić information content (AvgIpc) is 2.51. The molecule has 0 saturated carbocycles. The lowest BCUT2D eigenvalue weighted by Crippen LogP contribution is -2.49. The Hall–Kier alpha value is -0.480. The second-order valence-electron chi connectivity index (χ2n) is 3.37. The molecule has 0 amide bonds. The molecule has 0 bridgehead atoms. The summed E-state index contributed by atoms with van der Waals surface area (Å²) in [6.07, 6.45) is 1.71. The summed E-state index contributed by atoms with van der Waals surface area (Å²) in [5.41, 5.74) is 0. The predicted molar refractivity (Wildman–Crippen MR) is 56.1 cm³/mol. The van der Waals surface area contributed by atoms with Crippen molar-refractivity contribution in [2.45, 2.75) is 13.0 Å². The Labute approximate surface area is 86.2 Å². The van der Waals surface area contributed by atoms with Gasteiger partial charge < -0.3 is 14.6 Å². The molecule has 0 aromatic carbocycles. The number of hydrogen-bond acceptors (Lipinski definition) is 3. The van der Waals surface area contributed by atoms with Gasteiger partial charge in [0, 0.05) is 25.7 Å². The van der Waals surface area contributed by atoms with Crippen LogP contribution in [0, 0.1) is 0 Å². The Morgan fingerprint density at radius 1 is 1.69 bits per heavy atom. The summed E-state index contributed by atoms with van der Waals surface area (Å²) in [6, 6.07) is 2.47. The van der Waals surface area contributed by atoms with Crippen molar-refractivity contribution in [2.75, 3.05) is 24.5 Å². The van der Waals surface area contributed by atoms with Crippen LogP contribution in [-0.4, -0.2) is 25.7 Å². The second kappa shape index (κ2) is 3.72. The highest BCUT2D eigenvalue weighted by Gasteiger charge is 2.19. The molecule has 4 heteroatoms. The molecule has 3 nitrogen and oxygen atoms in total. The van der Waals surface area contributed by atoms with Crippen LogP contribution in [0.1, 0.15) is 6.92 Å². The molecule has 1 saturated heterocycles. The normalized spacial score (nSPS) is 23.5. The highest BCUT2D eigenvalue weighted by Crippen LogP contribution is 2.27. The number of furan rings is 1. The third-order valence-corrected chi connectivity index (χ3v) is 2.86. The SMILES string of the molecule is CC1CN(c2occc2Br)CCN1. The fraction of sp³-hybridized carbons (Fsp3) is 0.556. The van der Waals surface area contributed by atoms with Gasteiger partial charge in [0.25, 0.3) is 0 Å². The molecule has 0 radical (unpaired) electrons. The summed E-state index contributed by atoms with van der Waals surface area (Å²) >= 11 is 3.47. The minimum absolute atomic E-state index is 0.533. The molecular formula is C9H13BrN2O. The lowest BCUT2D eigenvalue weighted by atomic mass is 10.2. The van der Waals surface area contributed by atoms with E-state index >= 15 is 0 Å². The largest absolute Gasteiger partial charge is 0.448 e. The molecule has 13 heavy (non-hydrogen) atoms. The van der Waals surface area contributed by atoms with Gasteiger partial charge in [-0.2, -0.15) is 0 Å². The number of halogens is 1. The van der Waals surface area contributed by atoms with Crippen molar-refractivity contribution in [1.82, 2.24) is 5.32 Å². The average molecular weight is 245 g/mol. The van der Waals surface area contributed by atoms with Crippen LogP contribution >= 0.6 is 15.9 Å². The van der Waals surface area contributed by atoms with E-state index in [0.717, 1.165) is 30.0 Å². The third kappa shape index (κ3) is 1.89. The maximum atomic E-state index is 5.40. The number of anilines is 1. The Morgan fingerprint density at radius 2 is 2.54 bits per heavy atom. The van der Waals surface area contributed by atoms with Gasteiger partial charge in [-0.3, -0.25) is 0 Å². The number of nitrogens with zero attached hydrogens (tertiary/aromatic N) is 1. The number of hydrogen-bond donors (Lipinski definition) is 1. The Morgan fingerprint density at radius 3 is 3.15 bits per heavy atom. The van der Waals surface area contributed by atoms with Crippen molar-refractivity contribution in [3.63, 3.8) is 0 Å². The Balaban J connectivity index is 2.12. The number of piperazine rings is 1. The first-order chi connectivity index (χ1) is 6.27. The Kier molecular flexibility index (Phi) is 2.60. The quantitative estimate of drug-likeness (QED) is 0.818. The van der Waals surface area contributed by atoms with Gasteiger partial charge in [-0.1, -0.05) is 0 Å². The van der Waals surface area contributed by atoms with E-state index in [2.05, 4.69) is 33.1 Å². The minimum atomic E-state index is 0.533. The van der Waals surface area contributed by atoms with Crippen LogP contribution in [0.5, 0.6) is 0 Å². The smallest absolute Gasteiger partial charge is 0.209 e. The first-order valence-electron chi connectivity index (χ1n) is 4.48. The first kappa shape index (κ1) is 9.09. The van der Waals surface area contributed by atoms with Crippen molar-refractivity contribution in [2.24, 2.45) is 0 Å². The fourth-order valence-corrected chi connectivity index (χ4v) is 2.08. The highest BCUT2D eigenvalue weighted by molar-refractivity contribution is 9.10. The molecule has 2 heterocycles. The molecule has 1 aromatic heterocycles. The first-order valence-corrected chi connectivity index (χ1v) is 5.28. The lowest BCUT2D eigenvalue weighted by molar-refractivity contribution is 0.450. The van der Waals surface area contributed by atoms with E-state index in [-0.39, 0.29) is 0 Å². The molecule has 1 aliphatic heterocycles. The van der Waals surface area contributed by atoms with E-state index in [4.69, 9.17) is 4.42 Å². The molecule has 2 rings (SSSR count). The molecule has 1 atom stereocenters. The summed E-state index contributed by atoms with van der Waals surface area (Å²) in [5.74, 6) is 0.952. The molecule has 72 valence electrons. The van der Waals surface area contributed by atoms with E-state index in [1.165, 1.54) is 0 Å². The molecule has 1 aliphatic rings. The van der Waals surface area contributed by atoms with Crippen LogP contribution in [-0.2, 0) is 0 Å². The number of nitrogens with one attached hydrogen (secondary N) is 1. The van der Waals surface area contributed by atoms with Crippen molar-refractivity contribution < 1.29 is 4.42 Å². The van der Waals surface area contributed by atoms with Crippen LogP contribution < -0.4 is 10.2 Å². The van der Waals surface area contributed by atoms with E-state index in [0.29, 0.717) is 6.04 Å². The molecular weight excluding hydrogens is 232 g/mol. The van der Waals surface area contributed by atoms with E-state index in [9.17, 15) is 0 Å². The van der Waals surface area contributed by atoms with Crippen LogP contribution in [0.2, 0.25) is 0 Å². The van der Waals surface area contributed by atoms with Gasteiger partial charge in [0.05, 0.1) is 10.7 Å². The van der Waals surface area contributed by atoms with Crippen molar-refractivity contribution in [3.8, 4) is 0 Å². The van der Waals surface area contributed by atoms with Gasteiger partial charge in [-0.05, 0) is 28.9 Å². The predicted octanol–water partition coefficient (Wildman–Crippen LogP) is 1.84. The summed E-state index contributed by atoms with van der Waals surface area (Å²) in [5, 5.41) is 3.39. The fourth-order valence-electron chi connectivity index (χ4n) is 1.63. The standard InChI is InChI=1S/C9H13BrN2O/c1-7-6-12(4-3-11-7)9-8(10)2-5-13-9/h2,5,7,11H,3-4,6H2,1H3. The summed E-state index contributed by atoms with van der Waals surface area (Å²) in [7, 11) is 0. The monoisotopic (exact) mass is 244 g/mol. The van der Waals surface area contributed by atoms with E-state index in [1.54, 1.807) is 6.26 Å². The maximum Gasteiger partial charge on any atom is 0.209 e. The third-order valence-electron chi connectivity index (χ3n) is 2.25. The van der Waals surface area contributed by atoms with Gasteiger partial charge in [0.15, 0.2) is 0 Å². The summed E-state index contributed by atoms with van der Waals surface area (Å²) in [4.78, 5) is 2.26. The van der Waals surface area contributed by atoms with Crippen molar-refractivity contribution in [1.29, 1.82) is 0 Å². The molecule has 1 N–H and O–H groups in total. The van der Waals surface area contributed by atoms with Gasteiger partial charge in [-0.15, -0.1) is 0 Å². The van der Waals surface area contributed by atoms with E-state index < -0.39 is 0 Å². The molecule has 0 aliphatic carbocycles. The molecule has 1 unspecified atom stereocenters. The zero-order valence-corrected chi connectivity index (χ0v) is 9.17. The highest BCUT2D eigenvalue weighted by atomic mass is 79.9. The Bertz CT molecular complexity index is 287. The van der Waals surface area contributed by atoms with Crippen molar-refractivity contribution in [3.05, 3.63) is 16.8 Å². The van der Waals surface area contributed by atoms with Gasteiger partial charge in [-0.25, -0.2) is 0 Å². The maximum absolute atomic E-state index is 5.40. The molecule has 0 spiro atoms. The van der Waals surface area contributed by atoms with Gasteiger partial charge >= 0.3 is 0 Å². The summed E-state index contributed by atoms with van der Waals surface area (Å²) in [6.45, 7) is 5.22. The zero-order chi connectivity index (χ0) is 9.26. The molecule has 1 fully saturated rings.